The fourth-order valence-corrected chi connectivity index (χ4v) is 2.77. The molecule has 0 bridgehead atoms. The number of fused-ring (bicyclic) bond motifs is 1. The van der Waals surface area contributed by atoms with Gasteiger partial charge in [0.15, 0.2) is 0 Å². The Balaban J connectivity index is 1.63. The molecule has 1 atom stereocenters. The fraction of sp³-hybridized carbons (Fsp3) is 0.550. The highest BCUT2D eigenvalue weighted by atomic mass is 16.6. The zero-order chi connectivity index (χ0) is 18.1. The van der Waals surface area contributed by atoms with Gasteiger partial charge in [-0.3, -0.25) is 4.98 Å². The van der Waals surface area contributed by atoms with Gasteiger partial charge in [0.25, 0.3) is 0 Å². The van der Waals surface area contributed by atoms with Crippen LogP contribution in [0.2, 0.25) is 0 Å². The molecule has 2 heterocycles. The maximum Gasteiger partial charge on any atom is 0.145 e. The van der Waals surface area contributed by atoms with Crippen LogP contribution in [-0.4, -0.2) is 63.4 Å². The molecule has 142 valence electrons. The Bertz CT molecular complexity index is 659. The summed E-state index contributed by atoms with van der Waals surface area (Å²) in [7, 11) is 0. The lowest BCUT2D eigenvalue weighted by Gasteiger charge is -2.29. The largest absolute Gasteiger partial charge is 0.488 e. The highest BCUT2D eigenvalue weighted by molar-refractivity contribution is 5.84. The molecule has 26 heavy (non-hydrogen) atoms. The van der Waals surface area contributed by atoms with E-state index >= 15 is 0 Å². The third kappa shape index (κ3) is 5.64. The Morgan fingerprint density at radius 3 is 2.65 bits per heavy atom. The van der Waals surface area contributed by atoms with E-state index in [4.69, 9.17) is 23.7 Å². The fourth-order valence-electron chi connectivity index (χ4n) is 2.77. The van der Waals surface area contributed by atoms with E-state index in [0.717, 1.165) is 23.1 Å². The second-order valence-corrected chi connectivity index (χ2v) is 6.55. The Hall–Kier alpha value is -1.73. The van der Waals surface area contributed by atoms with Crippen LogP contribution in [0.15, 0.2) is 36.5 Å². The first-order valence-corrected chi connectivity index (χ1v) is 9.11. The predicted octanol–water partition coefficient (Wildman–Crippen LogP) is 2.84. The summed E-state index contributed by atoms with van der Waals surface area (Å²) >= 11 is 0. The first-order valence-electron chi connectivity index (χ1n) is 9.11. The van der Waals surface area contributed by atoms with E-state index in [-0.39, 0.29) is 0 Å². The van der Waals surface area contributed by atoms with E-state index in [1.165, 1.54) is 0 Å². The lowest BCUT2D eigenvalue weighted by atomic mass is 10.1. The molecule has 1 aromatic heterocycles. The predicted molar refractivity (Wildman–Crippen MR) is 98.7 cm³/mol. The van der Waals surface area contributed by atoms with Gasteiger partial charge in [-0.05, 0) is 25.5 Å². The average Bonchev–Trinajstić information content (AvgIpc) is 2.69. The van der Waals surface area contributed by atoms with Gasteiger partial charge in [0.05, 0.1) is 33.0 Å². The number of hydrogen-bond donors (Lipinski definition) is 0. The first kappa shape index (κ1) is 19.0. The van der Waals surface area contributed by atoms with Crippen molar-refractivity contribution in [3.8, 4) is 5.75 Å². The van der Waals surface area contributed by atoms with Crippen LogP contribution in [0.4, 0.5) is 0 Å². The summed E-state index contributed by atoms with van der Waals surface area (Å²) in [5.41, 5.74) is 0.291. The Kier molecular flexibility index (Phi) is 7.20. The number of hydrogen-bond acceptors (Lipinski definition) is 6. The van der Waals surface area contributed by atoms with Gasteiger partial charge < -0.3 is 23.7 Å². The SMILES string of the molecule is CC1(COc2cccc3cccnc23)COCCCOCCOCCO1. The molecule has 3 rings (SSSR count). The molecular formula is C20H27NO5. The van der Waals surface area contributed by atoms with Crippen LogP contribution < -0.4 is 4.74 Å². The highest BCUT2D eigenvalue weighted by Crippen LogP contribution is 2.24. The van der Waals surface area contributed by atoms with Gasteiger partial charge in [0, 0.05) is 24.8 Å². The van der Waals surface area contributed by atoms with Gasteiger partial charge >= 0.3 is 0 Å². The average molecular weight is 361 g/mol. The van der Waals surface area contributed by atoms with E-state index in [1.54, 1.807) is 6.20 Å². The first-order chi connectivity index (χ1) is 12.8. The topological polar surface area (TPSA) is 59.0 Å². The highest BCUT2D eigenvalue weighted by Gasteiger charge is 2.27. The van der Waals surface area contributed by atoms with Gasteiger partial charge in [-0.15, -0.1) is 0 Å². The Morgan fingerprint density at radius 2 is 1.73 bits per heavy atom. The van der Waals surface area contributed by atoms with E-state index in [0.29, 0.717) is 52.9 Å². The summed E-state index contributed by atoms with van der Waals surface area (Å²) in [6, 6.07) is 9.87. The van der Waals surface area contributed by atoms with Crippen molar-refractivity contribution in [2.24, 2.45) is 0 Å². The number of ether oxygens (including phenoxy) is 5. The maximum absolute atomic E-state index is 6.08. The molecule has 6 nitrogen and oxygen atoms in total. The standard InChI is InChI=1S/C20H27NO5/c1-20(15-24-10-4-9-22-11-12-23-13-14-26-20)16-25-18-7-2-5-17-6-3-8-21-19(17)18/h2-3,5-8H,4,9-16H2,1H3. The summed E-state index contributed by atoms with van der Waals surface area (Å²) in [4.78, 5) is 4.43. The number of aromatic nitrogens is 1. The van der Waals surface area contributed by atoms with Crippen molar-refractivity contribution in [1.82, 2.24) is 4.98 Å². The molecule has 6 heteroatoms. The summed E-state index contributed by atoms with van der Waals surface area (Å²) < 4.78 is 28.9. The third-order valence-electron chi connectivity index (χ3n) is 4.16. The molecule has 1 unspecified atom stereocenters. The summed E-state index contributed by atoms with van der Waals surface area (Å²) in [6.07, 6.45) is 2.62. The smallest absolute Gasteiger partial charge is 0.145 e. The quantitative estimate of drug-likeness (QED) is 0.838. The van der Waals surface area contributed by atoms with Gasteiger partial charge in [0.2, 0.25) is 0 Å². The van der Waals surface area contributed by atoms with Gasteiger partial charge in [-0.2, -0.15) is 0 Å². The van der Waals surface area contributed by atoms with Crippen molar-refractivity contribution in [3.05, 3.63) is 36.5 Å². The molecule has 1 aliphatic heterocycles. The van der Waals surface area contributed by atoms with Crippen LogP contribution in [0, 0.1) is 0 Å². The van der Waals surface area contributed by atoms with Crippen LogP contribution in [0.1, 0.15) is 13.3 Å². The molecule has 0 spiro atoms. The van der Waals surface area contributed by atoms with Crippen molar-refractivity contribution in [1.29, 1.82) is 0 Å². The van der Waals surface area contributed by atoms with Crippen LogP contribution in [0.3, 0.4) is 0 Å². The van der Waals surface area contributed by atoms with Crippen LogP contribution >= 0.6 is 0 Å². The molecule has 1 aliphatic rings. The molecule has 1 saturated heterocycles. The molecule has 0 radical (unpaired) electrons. The second-order valence-electron chi connectivity index (χ2n) is 6.55. The number of rotatable bonds is 3. The third-order valence-corrected chi connectivity index (χ3v) is 4.16. The molecule has 0 N–H and O–H groups in total. The van der Waals surface area contributed by atoms with E-state index in [1.807, 2.05) is 37.3 Å². The number of pyridine rings is 1. The van der Waals surface area contributed by atoms with Crippen molar-refractivity contribution in [3.63, 3.8) is 0 Å². The minimum atomic E-state index is -0.560. The molecular weight excluding hydrogens is 334 g/mol. The summed E-state index contributed by atoms with van der Waals surface area (Å²) in [5.74, 6) is 0.750. The zero-order valence-corrected chi connectivity index (χ0v) is 15.3. The Labute approximate surface area is 154 Å². The minimum Gasteiger partial charge on any atom is -0.488 e. The lowest BCUT2D eigenvalue weighted by molar-refractivity contribution is -0.117. The molecule has 1 fully saturated rings. The molecule has 2 aromatic rings. The zero-order valence-electron chi connectivity index (χ0n) is 15.3. The molecule has 0 aliphatic carbocycles. The van der Waals surface area contributed by atoms with E-state index in [9.17, 15) is 0 Å². The molecule has 1 aromatic carbocycles. The van der Waals surface area contributed by atoms with Crippen molar-refractivity contribution >= 4 is 10.9 Å². The van der Waals surface area contributed by atoms with Crippen molar-refractivity contribution < 1.29 is 23.7 Å². The van der Waals surface area contributed by atoms with Crippen LogP contribution in [0.5, 0.6) is 5.75 Å². The van der Waals surface area contributed by atoms with Crippen molar-refractivity contribution in [2.45, 2.75) is 18.9 Å². The van der Waals surface area contributed by atoms with Gasteiger partial charge in [-0.1, -0.05) is 18.2 Å². The van der Waals surface area contributed by atoms with Gasteiger partial charge in [-0.25, -0.2) is 0 Å². The van der Waals surface area contributed by atoms with E-state index in [2.05, 4.69) is 4.98 Å². The number of para-hydroxylation sites is 1. The summed E-state index contributed by atoms with van der Waals surface area (Å²) in [5, 5.41) is 1.05. The van der Waals surface area contributed by atoms with Gasteiger partial charge in [0.1, 0.15) is 23.5 Å². The van der Waals surface area contributed by atoms with Crippen LogP contribution in [0.25, 0.3) is 10.9 Å². The van der Waals surface area contributed by atoms with E-state index < -0.39 is 5.60 Å². The Morgan fingerprint density at radius 1 is 0.962 bits per heavy atom. The lowest BCUT2D eigenvalue weighted by Crippen LogP contribution is -2.42. The monoisotopic (exact) mass is 361 g/mol. The molecule has 0 amide bonds. The number of benzene rings is 1. The van der Waals surface area contributed by atoms with Crippen LogP contribution in [-0.2, 0) is 18.9 Å². The molecule has 0 saturated carbocycles. The second kappa shape index (κ2) is 9.83. The normalized spacial score (nSPS) is 23.6. The minimum absolute atomic E-state index is 0.374. The maximum atomic E-state index is 6.08. The number of nitrogens with zero attached hydrogens (tertiary/aromatic N) is 1. The summed E-state index contributed by atoms with van der Waals surface area (Å²) in [6.45, 7) is 6.33. The van der Waals surface area contributed by atoms with Crippen molar-refractivity contribution in [2.75, 3.05) is 52.9 Å².